The van der Waals surface area contributed by atoms with Crippen molar-refractivity contribution in [1.82, 2.24) is 9.44 Å². The van der Waals surface area contributed by atoms with E-state index in [1.54, 1.807) is 0 Å². The van der Waals surface area contributed by atoms with Crippen molar-refractivity contribution in [2.24, 2.45) is 0 Å². The molecule has 14 nitrogen and oxygen atoms in total. The molecule has 2 aromatic carbocycles. The van der Waals surface area contributed by atoms with Gasteiger partial charge in [0.1, 0.15) is 0 Å². The predicted molar refractivity (Wildman–Crippen MR) is 111 cm³/mol. The average Bonchev–Trinajstić information content (AvgIpc) is 3.26. The first kappa shape index (κ1) is 24.6. The van der Waals surface area contributed by atoms with Crippen LogP contribution in [0.5, 0.6) is 0 Å². The van der Waals surface area contributed by atoms with Crippen LogP contribution in [0.25, 0.3) is 0 Å². The van der Waals surface area contributed by atoms with Crippen molar-refractivity contribution < 1.29 is 36.2 Å². The molecule has 2 N–H and O–H groups in total. The summed E-state index contributed by atoms with van der Waals surface area (Å²) in [6, 6.07) is 9.35. The van der Waals surface area contributed by atoms with Gasteiger partial charge in [0, 0.05) is 12.1 Å². The lowest BCUT2D eigenvalue weighted by Crippen LogP contribution is -2.51. The summed E-state index contributed by atoms with van der Waals surface area (Å²) in [4.78, 5) is 19.4. The maximum Gasteiger partial charge on any atom is 0.289 e. The number of nitrogens with zero attached hydrogens (tertiary/aromatic N) is 2. The second kappa shape index (κ2) is 9.46. The second-order valence-corrected chi connectivity index (χ2v) is 10.2. The Morgan fingerprint density at radius 2 is 1.12 bits per heavy atom. The fourth-order valence-corrected chi connectivity index (χ4v) is 5.48. The molecule has 1 aliphatic heterocycles. The Labute approximate surface area is 187 Å². The first-order valence-electron chi connectivity index (χ1n) is 9.22. The Bertz CT molecular complexity index is 1180. The highest BCUT2D eigenvalue weighted by atomic mass is 32.2. The number of hydrogen-bond acceptors (Lipinski definition) is 10. The average molecular weight is 502 g/mol. The molecule has 1 saturated heterocycles. The van der Waals surface area contributed by atoms with Crippen LogP contribution in [0.1, 0.15) is 0 Å². The second-order valence-electron chi connectivity index (χ2n) is 6.71. The van der Waals surface area contributed by atoms with E-state index in [9.17, 15) is 37.1 Å². The number of sulfonamides is 2. The lowest BCUT2D eigenvalue weighted by molar-refractivity contribution is -0.388. The lowest BCUT2D eigenvalue weighted by atomic mass is 10.3. The maximum atomic E-state index is 12.7. The molecule has 16 heteroatoms. The third-order valence-corrected chi connectivity index (χ3v) is 7.48. The number of nitrogens with one attached hydrogen (secondary N) is 2. The molecule has 0 radical (unpaired) electrons. The third-order valence-electron chi connectivity index (χ3n) is 4.58. The van der Waals surface area contributed by atoms with Crippen molar-refractivity contribution in [2.45, 2.75) is 15.6 Å². The van der Waals surface area contributed by atoms with Crippen LogP contribution in [0.2, 0.25) is 0 Å². The van der Waals surface area contributed by atoms with Crippen LogP contribution in [0.3, 0.4) is 0 Å². The lowest BCUT2D eigenvalue weighted by Gasteiger charge is -2.27. The van der Waals surface area contributed by atoms with Gasteiger partial charge < -0.3 is 9.47 Å². The van der Waals surface area contributed by atoms with Gasteiger partial charge in [-0.2, -0.15) is 0 Å². The van der Waals surface area contributed by atoms with E-state index in [1.165, 1.54) is 24.3 Å². The van der Waals surface area contributed by atoms with E-state index in [-0.39, 0.29) is 13.2 Å². The summed E-state index contributed by atoms with van der Waals surface area (Å²) in [6.45, 7) is -1.16. The van der Waals surface area contributed by atoms with E-state index in [2.05, 4.69) is 9.44 Å². The quantitative estimate of drug-likeness (QED) is 0.341. The maximum absolute atomic E-state index is 12.7. The summed E-state index contributed by atoms with van der Waals surface area (Å²) in [5.41, 5.74) is -1.30. The molecule has 1 aliphatic rings. The van der Waals surface area contributed by atoms with Crippen molar-refractivity contribution >= 4 is 31.4 Å². The molecule has 0 bridgehead atoms. The number of nitro benzene ring substituents is 2. The van der Waals surface area contributed by atoms with Crippen LogP contribution in [0.4, 0.5) is 11.4 Å². The van der Waals surface area contributed by atoms with Gasteiger partial charge in [-0.05, 0) is 12.1 Å². The van der Waals surface area contributed by atoms with Gasteiger partial charge in [-0.1, -0.05) is 24.3 Å². The minimum absolute atomic E-state index is 0.0143. The Morgan fingerprint density at radius 1 is 0.758 bits per heavy atom. The molecule has 0 saturated carbocycles. The van der Waals surface area contributed by atoms with Gasteiger partial charge in [0.2, 0.25) is 20.0 Å². The molecule has 2 aromatic rings. The van der Waals surface area contributed by atoms with Crippen LogP contribution < -0.4 is 9.44 Å². The van der Waals surface area contributed by atoms with Gasteiger partial charge in [0.05, 0.1) is 36.1 Å². The molecule has 0 spiro atoms. The van der Waals surface area contributed by atoms with Crippen LogP contribution in [0, 0.1) is 20.2 Å². The molecule has 0 aliphatic carbocycles. The molecule has 1 heterocycles. The van der Waals surface area contributed by atoms with Gasteiger partial charge >= 0.3 is 0 Å². The summed E-state index contributed by atoms with van der Waals surface area (Å²) >= 11 is 0. The molecule has 178 valence electrons. The molecule has 0 amide bonds. The molecule has 0 atom stereocenters. The standard InChI is InChI=1S/C17H18N4O10S2/c22-20(23)13-5-1-3-7-15(13)32(26,27)18-11-17(30-9-10-31-17)12-19-33(28,29)16-8-4-2-6-14(16)21(24)25/h1-8,18-19H,9-12H2. The van der Waals surface area contributed by atoms with Gasteiger partial charge in [-0.25, -0.2) is 26.3 Å². The van der Waals surface area contributed by atoms with E-state index in [0.29, 0.717) is 0 Å². The van der Waals surface area contributed by atoms with E-state index < -0.39 is 69.9 Å². The smallest absolute Gasteiger partial charge is 0.289 e. The molecule has 0 aromatic heterocycles. The number of ether oxygens (including phenoxy) is 2. The summed E-state index contributed by atoms with van der Waals surface area (Å²) in [5.74, 6) is -1.78. The van der Waals surface area contributed by atoms with E-state index in [4.69, 9.17) is 9.47 Å². The predicted octanol–water partition coefficient (Wildman–Crippen LogP) is 0.503. The number of nitro groups is 2. The fraction of sp³-hybridized carbons (Fsp3) is 0.294. The zero-order valence-electron chi connectivity index (χ0n) is 16.7. The van der Waals surface area contributed by atoms with Crippen LogP contribution in [0.15, 0.2) is 58.3 Å². The number of rotatable bonds is 10. The summed E-state index contributed by atoms with van der Waals surface area (Å²) < 4.78 is 65.7. The van der Waals surface area contributed by atoms with Crippen molar-refractivity contribution in [3.63, 3.8) is 0 Å². The number of benzene rings is 2. The number of para-hydroxylation sites is 2. The zero-order chi connectivity index (χ0) is 24.3. The van der Waals surface area contributed by atoms with E-state index >= 15 is 0 Å². The highest BCUT2D eigenvalue weighted by molar-refractivity contribution is 7.90. The van der Waals surface area contributed by atoms with Crippen molar-refractivity contribution in [3.05, 3.63) is 68.8 Å². The summed E-state index contributed by atoms with van der Waals surface area (Å²) in [5, 5.41) is 22.3. The largest absolute Gasteiger partial charge is 0.345 e. The van der Waals surface area contributed by atoms with E-state index in [0.717, 1.165) is 24.3 Å². The van der Waals surface area contributed by atoms with Gasteiger partial charge in [0.15, 0.2) is 15.6 Å². The SMILES string of the molecule is O=[N+]([O-])c1ccccc1S(=O)(=O)NCC1(CNS(=O)(=O)c2ccccc2[N+](=O)[O-])OCCO1. The Kier molecular flexibility index (Phi) is 7.06. The monoisotopic (exact) mass is 502 g/mol. The molecule has 33 heavy (non-hydrogen) atoms. The van der Waals surface area contributed by atoms with Crippen molar-refractivity contribution in [1.29, 1.82) is 0 Å². The Balaban J connectivity index is 1.80. The summed E-state index contributed by atoms with van der Waals surface area (Å²) in [6.07, 6.45) is 0. The third kappa shape index (κ3) is 5.49. The zero-order valence-corrected chi connectivity index (χ0v) is 18.4. The summed E-state index contributed by atoms with van der Waals surface area (Å²) in [7, 11) is -8.81. The molecule has 3 rings (SSSR count). The Hall–Kier alpha value is -3.02. The first-order chi connectivity index (χ1) is 15.5. The van der Waals surface area contributed by atoms with Gasteiger partial charge in [0.25, 0.3) is 11.4 Å². The van der Waals surface area contributed by atoms with Crippen LogP contribution >= 0.6 is 0 Å². The van der Waals surface area contributed by atoms with E-state index in [1.807, 2.05) is 0 Å². The van der Waals surface area contributed by atoms with Gasteiger partial charge in [-0.3, -0.25) is 20.2 Å². The van der Waals surface area contributed by atoms with Crippen LogP contribution in [-0.2, 0) is 29.5 Å². The normalized spacial score (nSPS) is 15.9. The van der Waals surface area contributed by atoms with Crippen molar-refractivity contribution in [2.75, 3.05) is 26.3 Å². The molecule has 0 unspecified atom stereocenters. The Morgan fingerprint density at radius 3 is 1.48 bits per heavy atom. The highest BCUT2D eigenvalue weighted by Gasteiger charge is 2.40. The highest BCUT2D eigenvalue weighted by Crippen LogP contribution is 2.26. The molecular formula is C17H18N4O10S2. The van der Waals surface area contributed by atoms with Crippen molar-refractivity contribution in [3.8, 4) is 0 Å². The fourth-order valence-electron chi connectivity index (χ4n) is 3.00. The molecule has 1 fully saturated rings. The van der Waals surface area contributed by atoms with Gasteiger partial charge in [-0.15, -0.1) is 0 Å². The molecular weight excluding hydrogens is 484 g/mol. The van der Waals surface area contributed by atoms with Crippen LogP contribution in [-0.4, -0.2) is 58.8 Å². The topological polar surface area (TPSA) is 197 Å². The minimum atomic E-state index is -4.40. The first-order valence-corrected chi connectivity index (χ1v) is 12.2. The minimum Gasteiger partial charge on any atom is -0.345 e. The number of hydrogen-bond donors (Lipinski definition) is 2.